The number of carboxylic acids is 1. The van der Waals surface area contributed by atoms with Crippen molar-refractivity contribution < 1.29 is 33.0 Å². The highest BCUT2D eigenvalue weighted by Gasteiger charge is 2.18. The number of nitrogens with one attached hydrogen (secondary N) is 1. The number of para-hydroxylation sites is 1. The van der Waals surface area contributed by atoms with Crippen molar-refractivity contribution >= 4 is 34.4 Å². The second-order valence-corrected chi connectivity index (χ2v) is 9.08. The molecule has 196 valence electrons. The van der Waals surface area contributed by atoms with Crippen molar-refractivity contribution in [1.82, 2.24) is 4.98 Å². The first-order valence-corrected chi connectivity index (χ1v) is 12.6. The van der Waals surface area contributed by atoms with E-state index in [9.17, 15) is 18.4 Å². The number of thiazole rings is 1. The third-order valence-electron chi connectivity index (χ3n) is 5.48. The van der Waals surface area contributed by atoms with E-state index in [1.54, 1.807) is 5.38 Å². The number of carbonyl (C=O) groups is 2. The Bertz CT molecular complexity index is 1280. The minimum atomic E-state index is -1.30. The Morgan fingerprint density at radius 1 is 1.16 bits per heavy atom. The molecule has 0 fully saturated rings. The maximum atomic E-state index is 14.4. The molecule has 0 saturated heterocycles. The number of unbranched alkanes of at least 4 members (excludes halogenated alkanes) is 3. The van der Waals surface area contributed by atoms with Gasteiger partial charge in [-0.15, -0.1) is 11.3 Å². The van der Waals surface area contributed by atoms with Gasteiger partial charge in [0.25, 0.3) is 5.91 Å². The fourth-order valence-electron chi connectivity index (χ4n) is 3.51. The van der Waals surface area contributed by atoms with E-state index < -0.39 is 29.1 Å². The summed E-state index contributed by atoms with van der Waals surface area (Å²) in [6.45, 7) is 3.93. The molecule has 0 bridgehead atoms. The molecule has 1 aromatic heterocycles. The average molecular weight is 531 g/mol. The van der Waals surface area contributed by atoms with E-state index in [4.69, 9.17) is 14.6 Å². The number of nitrogens with zero attached hydrogens (tertiary/aromatic N) is 1. The Labute approximate surface area is 217 Å². The molecule has 0 aliphatic carbocycles. The van der Waals surface area contributed by atoms with E-state index in [0.29, 0.717) is 29.4 Å². The lowest BCUT2D eigenvalue weighted by molar-refractivity contribution is -0.132. The molecule has 2 N–H and O–H groups in total. The van der Waals surface area contributed by atoms with Crippen LogP contribution in [0.2, 0.25) is 0 Å². The zero-order valence-electron chi connectivity index (χ0n) is 20.8. The SMILES string of the molecule is CCCCCCOc1cccc(-c2csc(NC(=O)c3cc(F)c(/C=C(\C)C(=O)O)c(F)c3)n2)c1OC. The molecule has 7 nitrogen and oxygen atoms in total. The number of methoxy groups -OCH3 is 1. The van der Waals surface area contributed by atoms with Gasteiger partial charge in [-0.3, -0.25) is 10.1 Å². The highest BCUT2D eigenvalue weighted by Crippen LogP contribution is 2.39. The highest BCUT2D eigenvalue weighted by atomic mass is 32.1. The molecule has 0 spiro atoms. The molecule has 0 radical (unpaired) electrons. The molecule has 1 amide bonds. The molecular weight excluding hydrogens is 502 g/mol. The molecule has 10 heteroatoms. The van der Waals surface area contributed by atoms with Crippen LogP contribution in [0.1, 0.15) is 55.5 Å². The highest BCUT2D eigenvalue weighted by molar-refractivity contribution is 7.14. The molecule has 1 heterocycles. The van der Waals surface area contributed by atoms with Crippen molar-refractivity contribution in [2.24, 2.45) is 0 Å². The maximum Gasteiger partial charge on any atom is 0.331 e. The molecular formula is C27H28F2N2O5S. The lowest BCUT2D eigenvalue weighted by atomic mass is 10.1. The molecule has 3 rings (SSSR count). The lowest BCUT2D eigenvalue weighted by Crippen LogP contribution is -2.13. The number of hydrogen-bond donors (Lipinski definition) is 2. The number of ether oxygens (including phenoxy) is 2. The minimum Gasteiger partial charge on any atom is -0.492 e. The topological polar surface area (TPSA) is 97.8 Å². The van der Waals surface area contributed by atoms with Crippen LogP contribution in [0.5, 0.6) is 11.5 Å². The van der Waals surface area contributed by atoms with Gasteiger partial charge >= 0.3 is 5.97 Å². The first-order chi connectivity index (χ1) is 17.7. The van der Waals surface area contributed by atoms with Crippen LogP contribution in [0.4, 0.5) is 13.9 Å². The van der Waals surface area contributed by atoms with Crippen molar-refractivity contribution in [1.29, 1.82) is 0 Å². The summed E-state index contributed by atoms with van der Waals surface area (Å²) in [5, 5.41) is 13.4. The van der Waals surface area contributed by atoms with Crippen LogP contribution in [0.25, 0.3) is 17.3 Å². The number of carboxylic acid groups (broad SMARTS) is 1. The molecule has 37 heavy (non-hydrogen) atoms. The lowest BCUT2D eigenvalue weighted by Gasteiger charge is -2.13. The number of amides is 1. The van der Waals surface area contributed by atoms with E-state index in [1.165, 1.54) is 14.0 Å². The molecule has 2 aromatic carbocycles. The van der Waals surface area contributed by atoms with E-state index in [0.717, 1.165) is 55.2 Å². The van der Waals surface area contributed by atoms with Gasteiger partial charge in [-0.1, -0.05) is 32.3 Å². The zero-order valence-corrected chi connectivity index (χ0v) is 21.6. The summed E-state index contributed by atoms with van der Waals surface area (Å²) in [4.78, 5) is 28.0. The summed E-state index contributed by atoms with van der Waals surface area (Å²) >= 11 is 1.14. The Morgan fingerprint density at radius 3 is 2.54 bits per heavy atom. The van der Waals surface area contributed by atoms with Crippen molar-refractivity contribution in [2.45, 2.75) is 39.5 Å². The summed E-state index contributed by atoms with van der Waals surface area (Å²) in [7, 11) is 1.54. The third kappa shape index (κ3) is 7.13. The van der Waals surface area contributed by atoms with Gasteiger partial charge in [0.15, 0.2) is 16.6 Å². The van der Waals surface area contributed by atoms with Crippen LogP contribution < -0.4 is 14.8 Å². The second kappa shape index (κ2) is 13.0. The number of hydrogen-bond acceptors (Lipinski definition) is 6. The second-order valence-electron chi connectivity index (χ2n) is 8.22. The Kier molecular flexibility index (Phi) is 9.73. The number of carbonyl (C=O) groups excluding carboxylic acids is 1. The number of aliphatic carboxylic acids is 1. The van der Waals surface area contributed by atoms with E-state index in [1.807, 2.05) is 18.2 Å². The van der Waals surface area contributed by atoms with Crippen LogP contribution in [0, 0.1) is 11.6 Å². The van der Waals surface area contributed by atoms with Crippen LogP contribution in [0.3, 0.4) is 0 Å². The van der Waals surface area contributed by atoms with Crippen molar-refractivity contribution in [3.8, 4) is 22.8 Å². The summed E-state index contributed by atoms with van der Waals surface area (Å²) in [5.41, 5.74) is 0.162. The third-order valence-corrected chi connectivity index (χ3v) is 6.24. The Morgan fingerprint density at radius 2 is 1.89 bits per heavy atom. The molecule has 0 saturated carbocycles. The predicted octanol–water partition coefficient (Wildman–Crippen LogP) is 6.80. The van der Waals surface area contributed by atoms with Crippen molar-refractivity contribution in [2.75, 3.05) is 19.0 Å². The summed E-state index contributed by atoms with van der Waals surface area (Å²) in [5.74, 6) is -3.07. The van der Waals surface area contributed by atoms with Crippen LogP contribution in [-0.4, -0.2) is 35.7 Å². The normalized spacial score (nSPS) is 11.3. The average Bonchev–Trinajstić information content (AvgIpc) is 3.33. The van der Waals surface area contributed by atoms with Crippen LogP contribution in [-0.2, 0) is 4.79 Å². The van der Waals surface area contributed by atoms with Gasteiger partial charge in [0.05, 0.1) is 19.4 Å². The Hall–Kier alpha value is -3.79. The first-order valence-electron chi connectivity index (χ1n) is 11.7. The number of anilines is 1. The fourth-order valence-corrected chi connectivity index (χ4v) is 4.21. The molecule has 0 aliphatic heterocycles. The Balaban J connectivity index is 1.76. The summed E-state index contributed by atoms with van der Waals surface area (Å²) in [6.07, 6.45) is 5.19. The zero-order chi connectivity index (χ0) is 26.9. The number of benzene rings is 2. The number of aromatic nitrogens is 1. The van der Waals surface area contributed by atoms with Gasteiger partial charge in [-0.2, -0.15) is 0 Å². The van der Waals surface area contributed by atoms with Crippen LogP contribution in [0.15, 0.2) is 41.3 Å². The number of rotatable bonds is 12. The van der Waals surface area contributed by atoms with Gasteiger partial charge in [-0.25, -0.2) is 18.6 Å². The quantitative estimate of drug-likeness (QED) is 0.198. The van der Waals surface area contributed by atoms with E-state index in [-0.39, 0.29) is 16.3 Å². The monoisotopic (exact) mass is 530 g/mol. The summed E-state index contributed by atoms with van der Waals surface area (Å²) in [6, 6.07) is 7.15. The van der Waals surface area contributed by atoms with Crippen molar-refractivity contribution in [3.05, 3.63) is 64.0 Å². The number of halogens is 2. The predicted molar refractivity (Wildman–Crippen MR) is 139 cm³/mol. The molecule has 0 atom stereocenters. The fraction of sp³-hybridized carbons (Fsp3) is 0.296. The van der Waals surface area contributed by atoms with Gasteiger partial charge in [0.1, 0.15) is 11.6 Å². The summed E-state index contributed by atoms with van der Waals surface area (Å²) < 4.78 is 40.4. The van der Waals surface area contributed by atoms with Gasteiger partial charge in [0, 0.05) is 27.6 Å². The van der Waals surface area contributed by atoms with Gasteiger partial charge in [-0.05, 0) is 43.7 Å². The molecule has 0 aliphatic rings. The smallest absolute Gasteiger partial charge is 0.331 e. The molecule has 0 unspecified atom stereocenters. The van der Waals surface area contributed by atoms with Gasteiger partial charge in [0.2, 0.25) is 0 Å². The van der Waals surface area contributed by atoms with Crippen LogP contribution >= 0.6 is 11.3 Å². The van der Waals surface area contributed by atoms with Crippen molar-refractivity contribution in [3.63, 3.8) is 0 Å². The first kappa shape index (κ1) is 27.8. The molecule has 3 aromatic rings. The largest absolute Gasteiger partial charge is 0.492 e. The maximum absolute atomic E-state index is 14.4. The van der Waals surface area contributed by atoms with E-state index in [2.05, 4.69) is 17.2 Å². The standard InChI is InChI=1S/C27H28F2N2O5S/c1-4-5-6-7-11-36-23-10-8-9-18(24(23)35-3)22-15-37-27(30-22)31-25(32)17-13-20(28)19(21(29)14-17)12-16(2)26(33)34/h8-10,12-15H,4-7,11H2,1-3H3,(H,33,34)(H,30,31,32)/b16-12+. The minimum absolute atomic E-state index is 0.222. The van der Waals surface area contributed by atoms with Gasteiger partial charge < -0.3 is 14.6 Å². The van der Waals surface area contributed by atoms with E-state index >= 15 is 0 Å².